The smallest absolute Gasteiger partial charge is 0.307 e. The Hall–Kier alpha value is -3.28. The molecule has 0 aliphatic heterocycles. The van der Waals surface area contributed by atoms with Crippen LogP contribution in [0.1, 0.15) is 11.3 Å². The Labute approximate surface area is 158 Å². The minimum Gasteiger partial charge on any atom is -0.496 e. The average Bonchev–Trinajstić information content (AvgIpc) is 3.03. The van der Waals surface area contributed by atoms with Crippen LogP contribution in [-0.2, 0) is 11.2 Å². The van der Waals surface area contributed by atoms with Crippen molar-refractivity contribution in [3.05, 3.63) is 53.7 Å². The second kappa shape index (κ2) is 7.53. The summed E-state index contributed by atoms with van der Waals surface area (Å²) in [6.45, 7) is 1.99. The van der Waals surface area contributed by atoms with E-state index in [0.29, 0.717) is 11.3 Å². The SMILES string of the molecule is COc1cc(-c2nc(-c3ccc(N(C)C)cc3)c(C)[nH]2)ccc1CC(=O)O. The fourth-order valence-electron chi connectivity index (χ4n) is 3.00. The number of carboxylic acid groups (broad SMARTS) is 1. The molecule has 27 heavy (non-hydrogen) atoms. The maximum Gasteiger partial charge on any atom is 0.307 e. The summed E-state index contributed by atoms with van der Waals surface area (Å²) in [6.07, 6.45) is -0.0793. The summed E-state index contributed by atoms with van der Waals surface area (Å²) in [5, 5.41) is 9.02. The van der Waals surface area contributed by atoms with Gasteiger partial charge in [0.05, 0.1) is 19.2 Å². The summed E-state index contributed by atoms with van der Waals surface area (Å²) >= 11 is 0. The molecule has 0 amide bonds. The number of H-pyrrole nitrogens is 1. The van der Waals surface area contributed by atoms with E-state index in [2.05, 4.69) is 34.1 Å². The number of anilines is 1. The van der Waals surface area contributed by atoms with Gasteiger partial charge >= 0.3 is 5.97 Å². The van der Waals surface area contributed by atoms with Gasteiger partial charge in [-0.3, -0.25) is 4.79 Å². The molecule has 0 unspecified atom stereocenters. The Bertz CT molecular complexity index is 959. The molecule has 3 rings (SSSR count). The van der Waals surface area contributed by atoms with Crippen molar-refractivity contribution in [3.63, 3.8) is 0 Å². The van der Waals surface area contributed by atoms with Gasteiger partial charge in [-0.2, -0.15) is 0 Å². The van der Waals surface area contributed by atoms with Crippen LogP contribution in [0.3, 0.4) is 0 Å². The molecule has 6 heteroatoms. The Balaban J connectivity index is 1.95. The van der Waals surface area contributed by atoms with Crippen LogP contribution in [0.15, 0.2) is 42.5 Å². The molecule has 0 atom stereocenters. The molecule has 0 saturated heterocycles. The zero-order valence-corrected chi connectivity index (χ0v) is 15.9. The average molecular weight is 365 g/mol. The highest BCUT2D eigenvalue weighted by Gasteiger charge is 2.14. The van der Waals surface area contributed by atoms with E-state index < -0.39 is 5.97 Å². The van der Waals surface area contributed by atoms with Crippen molar-refractivity contribution in [3.8, 4) is 28.4 Å². The Morgan fingerprint density at radius 3 is 2.41 bits per heavy atom. The first-order chi connectivity index (χ1) is 12.9. The molecular formula is C21H23N3O3. The third kappa shape index (κ3) is 3.95. The number of methoxy groups -OCH3 is 1. The van der Waals surface area contributed by atoms with Gasteiger partial charge in [0.15, 0.2) is 0 Å². The number of aryl methyl sites for hydroxylation is 1. The standard InChI is InChI=1S/C21H23N3O3/c1-13-20(14-7-9-17(10-8-14)24(2)3)23-21(22-13)16-6-5-15(12-19(25)26)18(11-16)27-4/h5-11H,12H2,1-4H3,(H,22,23)(H,25,26). The van der Waals surface area contributed by atoms with Crippen molar-refractivity contribution in [2.75, 3.05) is 26.1 Å². The molecule has 0 bridgehead atoms. The van der Waals surface area contributed by atoms with E-state index in [1.165, 1.54) is 7.11 Å². The topological polar surface area (TPSA) is 78.5 Å². The zero-order valence-electron chi connectivity index (χ0n) is 15.9. The predicted molar refractivity (Wildman–Crippen MR) is 106 cm³/mol. The second-order valence-electron chi connectivity index (χ2n) is 6.60. The summed E-state index contributed by atoms with van der Waals surface area (Å²) in [6, 6.07) is 13.7. The van der Waals surface area contributed by atoms with Crippen molar-refractivity contribution in [1.29, 1.82) is 0 Å². The van der Waals surface area contributed by atoms with E-state index in [0.717, 1.165) is 34.0 Å². The lowest BCUT2D eigenvalue weighted by Gasteiger charge is -2.12. The first-order valence-corrected chi connectivity index (χ1v) is 8.62. The molecule has 1 aromatic heterocycles. The quantitative estimate of drug-likeness (QED) is 0.695. The lowest BCUT2D eigenvalue weighted by atomic mass is 10.1. The van der Waals surface area contributed by atoms with Gasteiger partial charge < -0.3 is 19.7 Å². The zero-order chi connectivity index (χ0) is 19.6. The summed E-state index contributed by atoms with van der Waals surface area (Å²) in [4.78, 5) is 21.1. The molecule has 140 valence electrons. The highest BCUT2D eigenvalue weighted by molar-refractivity contribution is 5.73. The number of hydrogen-bond donors (Lipinski definition) is 2. The number of aromatic nitrogens is 2. The van der Waals surface area contributed by atoms with Gasteiger partial charge in [-0.05, 0) is 25.1 Å². The van der Waals surface area contributed by atoms with E-state index in [1.807, 2.05) is 33.2 Å². The highest BCUT2D eigenvalue weighted by atomic mass is 16.5. The van der Waals surface area contributed by atoms with Crippen LogP contribution in [0, 0.1) is 6.92 Å². The number of nitrogens with one attached hydrogen (secondary N) is 1. The summed E-state index contributed by atoms with van der Waals surface area (Å²) in [5.74, 6) is 0.374. The molecule has 1 heterocycles. The first-order valence-electron chi connectivity index (χ1n) is 8.62. The molecule has 0 saturated carbocycles. The third-order valence-corrected chi connectivity index (χ3v) is 4.44. The number of aromatic amines is 1. The fraction of sp³-hybridized carbons (Fsp3) is 0.238. The third-order valence-electron chi connectivity index (χ3n) is 4.44. The molecule has 2 N–H and O–H groups in total. The maximum absolute atomic E-state index is 11.0. The molecule has 0 aliphatic carbocycles. The number of rotatable bonds is 6. The largest absolute Gasteiger partial charge is 0.496 e. The molecule has 0 fully saturated rings. The van der Waals surface area contributed by atoms with Gasteiger partial charge in [-0.25, -0.2) is 4.98 Å². The fourth-order valence-corrected chi connectivity index (χ4v) is 3.00. The number of ether oxygens (including phenoxy) is 1. The number of benzene rings is 2. The van der Waals surface area contributed by atoms with Gasteiger partial charge in [0.2, 0.25) is 0 Å². The van der Waals surface area contributed by atoms with Crippen molar-refractivity contribution >= 4 is 11.7 Å². The molecule has 0 aliphatic rings. The summed E-state index contributed by atoms with van der Waals surface area (Å²) in [7, 11) is 5.55. The van der Waals surface area contributed by atoms with Crippen LogP contribution in [0.2, 0.25) is 0 Å². The number of aliphatic carboxylic acids is 1. The van der Waals surface area contributed by atoms with E-state index in [-0.39, 0.29) is 6.42 Å². The molecule has 0 spiro atoms. The number of carbonyl (C=O) groups is 1. The summed E-state index contributed by atoms with van der Waals surface area (Å²) in [5.41, 5.74) is 5.51. The van der Waals surface area contributed by atoms with Crippen molar-refractivity contribution in [2.45, 2.75) is 13.3 Å². The van der Waals surface area contributed by atoms with Crippen LogP contribution in [0.5, 0.6) is 5.75 Å². The number of hydrogen-bond acceptors (Lipinski definition) is 4. The van der Waals surface area contributed by atoms with Gasteiger partial charge in [-0.15, -0.1) is 0 Å². The number of imidazole rings is 1. The molecular weight excluding hydrogens is 342 g/mol. The molecule has 2 aromatic carbocycles. The van der Waals surface area contributed by atoms with Gasteiger partial charge in [0.25, 0.3) is 0 Å². The van der Waals surface area contributed by atoms with Crippen LogP contribution in [0.25, 0.3) is 22.6 Å². The minimum atomic E-state index is -0.890. The molecule has 6 nitrogen and oxygen atoms in total. The van der Waals surface area contributed by atoms with Crippen LogP contribution in [0.4, 0.5) is 5.69 Å². The van der Waals surface area contributed by atoms with Crippen molar-refractivity contribution in [2.24, 2.45) is 0 Å². The van der Waals surface area contributed by atoms with E-state index in [4.69, 9.17) is 14.8 Å². The van der Waals surface area contributed by atoms with E-state index in [1.54, 1.807) is 6.07 Å². The van der Waals surface area contributed by atoms with Crippen LogP contribution >= 0.6 is 0 Å². The Morgan fingerprint density at radius 2 is 1.81 bits per heavy atom. The van der Waals surface area contributed by atoms with E-state index >= 15 is 0 Å². The van der Waals surface area contributed by atoms with Crippen molar-refractivity contribution in [1.82, 2.24) is 9.97 Å². The monoisotopic (exact) mass is 365 g/mol. The highest BCUT2D eigenvalue weighted by Crippen LogP contribution is 2.30. The second-order valence-corrected chi connectivity index (χ2v) is 6.60. The number of nitrogens with zero attached hydrogens (tertiary/aromatic N) is 2. The molecule has 0 radical (unpaired) electrons. The maximum atomic E-state index is 11.0. The van der Waals surface area contributed by atoms with Gasteiger partial charge in [-0.1, -0.05) is 24.3 Å². The van der Waals surface area contributed by atoms with E-state index in [9.17, 15) is 4.79 Å². The minimum absolute atomic E-state index is 0.0793. The lowest BCUT2D eigenvalue weighted by molar-refractivity contribution is -0.136. The van der Waals surface area contributed by atoms with Gasteiger partial charge in [0.1, 0.15) is 11.6 Å². The van der Waals surface area contributed by atoms with Crippen LogP contribution < -0.4 is 9.64 Å². The lowest BCUT2D eigenvalue weighted by Crippen LogP contribution is -2.07. The van der Waals surface area contributed by atoms with Gasteiger partial charge in [0, 0.05) is 42.2 Å². The van der Waals surface area contributed by atoms with Crippen molar-refractivity contribution < 1.29 is 14.6 Å². The Kier molecular flexibility index (Phi) is 5.16. The van der Waals surface area contributed by atoms with Crippen LogP contribution in [-0.4, -0.2) is 42.2 Å². The predicted octanol–water partition coefficient (Wildman–Crippen LogP) is 3.75. The number of carboxylic acids is 1. The summed E-state index contributed by atoms with van der Waals surface area (Å²) < 4.78 is 5.36. The molecule has 3 aromatic rings. The Morgan fingerprint density at radius 1 is 1.15 bits per heavy atom. The first kappa shape index (κ1) is 18.5. The normalized spacial score (nSPS) is 10.7.